The van der Waals surface area contributed by atoms with Gasteiger partial charge in [-0.05, 0) is 6.42 Å². The predicted molar refractivity (Wildman–Crippen MR) is 46.3 cm³/mol. The predicted octanol–water partition coefficient (Wildman–Crippen LogP) is 1.99. The first-order chi connectivity index (χ1) is 5.86. The standard InChI is InChI=1S/C8H12ClNO2/c1-11-6-7-5-10-8(12-7)3-2-4-9/h5H,2-4,6H2,1H3. The summed E-state index contributed by atoms with van der Waals surface area (Å²) in [6, 6.07) is 0. The molecule has 0 aliphatic carbocycles. The van der Waals surface area contributed by atoms with Crippen LogP contribution in [0.25, 0.3) is 0 Å². The number of halogens is 1. The molecule has 0 aliphatic heterocycles. The number of hydrogen-bond donors (Lipinski definition) is 0. The Morgan fingerprint density at radius 1 is 1.67 bits per heavy atom. The molecule has 0 bridgehead atoms. The zero-order chi connectivity index (χ0) is 8.81. The van der Waals surface area contributed by atoms with Crippen molar-refractivity contribution in [3.05, 3.63) is 17.8 Å². The third-order valence-corrected chi connectivity index (χ3v) is 1.68. The second-order valence-corrected chi connectivity index (χ2v) is 2.82. The van der Waals surface area contributed by atoms with Gasteiger partial charge in [0.2, 0.25) is 0 Å². The summed E-state index contributed by atoms with van der Waals surface area (Å²) >= 11 is 5.53. The molecular formula is C8H12ClNO2. The molecule has 1 aromatic rings. The first-order valence-corrected chi connectivity index (χ1v) is 4.38. The summed E-state index contributed by atoms with van der Waals surface area (Å²) in [6.07, 6.45) is 3.38. The maximum Gasteiger partial charge on any atom is 0.194 e. The van der Waals surface area contributed by atoms with Crippen LogP contribution in [0.2, 0.25) is 0 Å². The number of hydrogen-bond acceptors (Lipinski definition) is 3. The second-order valence-electron chi connectivity index (χ2n) is 2.45. The lowest BCUT2D eigenvalue weighted by Gasteiger charge is -1.92. The van der Waals surface area contributed by atoms with Gasteiger partial charge in [0.1, 0.15) is 12.4 Å². The Bertz CT molecular complexity index is 225. The van der Waals surface area contributed by atoms with Crippen molar-refractivity contribution in [2.24, 2.45) is 0 Å². The zero-order valence-electron chi connectivity index (χ0n) is 7.05. The number of alkyl halides is 1. The Morgan fingerprint density at radius 3 is 3.17 bits per heavy atom. The molecule has 68 valence electrons. The van der Waals surface area contributed by atoms with Gasteiger partial charge in [-0.3, -0.25) is 0 Å². The molecule has 0 radical (unpaired) electrons. The smallest absolute Gasteiger partial charge is 0.194 e. The molecule has 1 heterocycles. The zero-order valence-corrected chi connectivity index (χ0v) is 7.80. The Morgan fingerprint density at radius 2 is 2.50 bits per heavy atom. The minimum absolute atomic E-state index is 0.480. The third kappa shape index (κ3) is 2.83. The number of ether oxygens (including phenoxy) is 1. The van der Waals surface area contributed by atoms with E-state index >= 15 is 0 Å². The number of nitrogens with zero attached hydrogens (tertiary/aromatic N) is 1. The van der Waals surface area contributed by atoms with Crippen LogP contribution < -0.4 is 0 Å². The van der Waals surface area contributed by atoms with E-state index in [1.165, 1.54) is 0 Å². The van der Waals surface area contributed by atoms with Crippen molar-refractivity contribution in [1.29, 1.82) is 0 Å². The van der Waals surface area contributed by atoms with Gasteiger partial charge in [-0.2, -0.15) is 0 Å². The Balaban J connectivity index is 2.41. The molecule has 3 nitrogen and oxygen atoms in total. The van der Waals surface area contributed by atoms with E-state index < -0.39 is 0 Å². The van der Waals surface area contributed by atoms with E-state index in [9.17, 15) is 0 Å². The van der Waals surface area contributed by atoms with Crippen LogP contribution in [0.1, 0.15) is 18.1 Å². The highest BCUT2D eigenvalue weighted by Gasteiger charge is 2.02. The molecule has 12 heavy (non-hydrogen) atoms. The second kappa shape index (κ2) is 5.17. The summed E-state index contributed by atoms with van der Waals surface area (Å²) in [6.45, 7) is 0.480. The number of oxazole rings is 1. The molecule has 0 unspecified atom stereocenters. The molecule has 0 atom stereocenters. The van der Waals surface area contributed by atoms with Gasteiger partial charge in [-0.1, -0.05) is 0 Å². The van der Waals surface area contributed by atoms with Gasteiger partial charge in [-0.25, -0.2) is 4.98 Å². The molecule has 1 aromatic heterocycles. The van der Waals surface area contributed by atoms with Crippen LogP contribution >= 0.6 is 11.6 Å². The van der Waals surface area contributed by atoms with Gasteiger partial charge in [0.05, 0.1) is 6.20 Å². The molecule has 0 amide bonds. The van der Waals surface area contributed by atoms with Crippen molar-refractivity contribution >= 4 is 11.6 Å². The molecule has 1 rings (SSSR count). The van der Waals surface area contributed by atoms with Gasteiger partial charge < -0.3 is 9.15 Å². The summed E-state index contributed by atoms with van der Waals surface area (Å²) in [5.74, 6) is 2.15. The molecule has 0 fully saturated rings. The van der Waals surface area contributed by atoms with Crippen molar-refractivity contribution in [3.63, 3.8) is 0 Å². The van der Waals surface area contributed by atoms with E-state index in [1.54, 1.807) is 13.3 Å². The van der Waals surface area contributed by atoms with E-state index in [1.807, 2.05) is 0 Å². The van der Waals surface area contributed by atoms with Crippen LogP contribution in [0.3, 0.4) is 0 Å². The van der Waals surface area contributed by atoms with E-state index in [-0.39, 0.29) is 0 Å². The van der Waals surface area contributed by atoms with Crippen molar-refractivity contribution in [2.45, 2.75) is 19.4 Å². The highest BCUT2D eigenvalue weighted by Crippen LogP contribution is 2.06. The fourth-order valence-corrected chi connectivity index (χ4v) is 1.02. The lowest BCUT2D eigenvalue weighted by Crippen LogP contribution is -1.85. The number of rotatable bonds is 5. The fourth-order valence-electron chi connectivity index (χ4n) is 0.891. The van der Waals surface area contributed by atoms with Crippen molar-refractivity contribution in [3.8, 4) is 0 Å². The quantitative estimate of drug-likeness (QED) is 0.665. The minimum atomic E-state index is 0.480. The number of aryl methyl sites for hydroxylation is 1. The molecule has 0 aliphatic rings. The molecule has 0 N–H and O–H groups in total. The first kappa shape index (κ1) is 9.55. The lowest BCUT2D eigenvalue weighted by atomic mass is 10.3. The maximum absolute atomic E-state index is 5.53. The van der Waals surface area contributed by atoms with Gasteiger partial charge in [0.15, 0.2) is 5.89 Å². The van der Waals surface area contributed by atoms with E-state index in [2.05, 4.69) is 4.98 Å². The van der Waals surface area contributed by atoms with Gasteiger partial charge in [-0.15, -0.1) is 11.6 Å². The monoisotopic (exact) mass is 189 g/mol. The van der Waals surface area contributed by atoms with Crippen LogP contribution in [-0.2, 0) is 17.8 Å². The van der Waals surface area contributed by atoms with Crippen LogP contribution in [0.4, 0.5) is 0 Å². The number of methoxy groups -OCH3 is 1. The van der Waals surface area contributed by atoms with E-state index in [0.717, 1.165) is 24.5 Å². The van der Waals surface area contributed by atoms with Crippen molar-refractivity contribution in [1.82, 2.24) is 4.98 Å². The van der Waals surface area contributed by atoms with E-state index in [0.29, 0.717) is 12.5 Å². The molecule has 0 saturated carbocycles. The molecule has 0 saturated heterocycles. The fraction of sp³-hybridized carbons (Fsp3) is 0.625. The van der Waals surface area contributed by atoms with E-state index in [4.69, 9.17) is 20.8 Å². The SMILES string of the molecule is COCc1cnc(CCCCl)o1. The highest BCUT2D eigenvalue weighted by molar-refractivity contribution is 6.17. The van der Waals surface area contributed by atoms with Gasteiger partial charge in [0, 0.05) is 19.4 Å². The molecule has 4 heteroatoms. The Hall–Kier alpha value is -0.540. The summed E-state index contributed by atoms with van der Waals surface area (Å²) in [7, 11) is 1.63. The van der Waals surface area contributed by atoms with Gasteiger partial charge >= 0.3 is 0 Å². The summed E-state index contributed by atoms with van der Waals surface area (Å²) < 4.78 is 10.2. The number of aromatic nitrogens is 1. The van der Waals surface area contributed by atoms with Crippen LogP contribution in [0, 0.1) is 0 Å². The molecular weight excluding hydrogens is 178 g/mol. The summed E-state index contributed by atoms with van der Waals surface area (Å²) in [5, 5.41) is 0. The topological polar surface area (TPSA) is 35.3 Å². The lowest BCUT2D eigenvalue weighted by molar-refractivity contribution is 0.162. The van der Waals surface area contributed by atoms with Crippen LogP contribution in [-0.4, -0.2) is 18.0 Å². The summed E-state index contributed by atoms with van der Waals surface area (Å²) in [4.78, 5) is 4.07. The minimum Gasteiger partial charge on any atom is -0.443 e. The Labute approximate surface area is 76.7 Å². The third-order valence-electron chi connectivity index (χ3n) is 1.41. The molecule has 0 spiro atoms. The first-order valence-electron chi connectivity index (χ1n) is 3.85. The maximum atomic E-state index is 5.53. The largest absolute Gasteiger partial charge is 0.443 e. The van der Waals surface area contributed by atoms with Gasteiger partial charge in [0.25, 0.3) is 0 Å². The van der Waals surface area contributed by atoms with Crippen LogP contribution in [0.15, 0.2) is 10.6 Å². The average Bonchev–Trinajstić information content (AvgIpc) is 2.50. The average molecular weight is 190 g/mol. The Kier molecular flexibility index (Phi) is 4.11. The van der Waals surface area contributed by atoms with Crippen LogP contribution in [0.5, 0.6) is 0 Å². The highest BCUT2D eigenvalue weighted by atomic mass is 35.5. The van der Waals surface area contributed by atoms with Crippen molar-refractivity contribution < 1.29 is 9.15 Å². The normalized spacial score (nSPS) is 10.5. The summed E-state index contributed by atoms with van der Waals surface area (Å²) in [5.41, 5.74) is 0. The van der Waals surface area contributed by atoms with Crippen molar-refractivity contribution in [2.75, 3.05) is 13.0 Å². The molecule has 0 aromatic carbocycles.